The number of ketones is 1. The summed E-state index contributed by atoms with van der Waals surface area (Å²) in [5.41, 5.74) is 3.86. The lowest BCUT2D eigenvalue weighted by Gasteiger charge is -2.09. The Balaban J connectivity index is 1.59. The quantitative estimate of drug-likeness (QED) is 0.626. The van der Waals surface area contributed by atoms with E-state index in [1.807, 2.05) is 42.5 Å². The Labute approximate surface area is 158 Å². The van der Waals surface area contributed by atoms with Crippen molar-refractivity contribution in [2.45, 2.75) is 13.3 Å². The smallest absolute Gasteiger partial charge is 0.252 e. The van der Waals surface area contributed by atoms with Gasteiger partial charge in [-0.25, -0.2) is 0 Å². The van der Waals surface area contributed by atoms with Gasteiger partial charge in [0.25, 0.3) is 5.91 Å². The summed E-state index contributed by atoms with van der Waals surface area (Å²) in [7, 11) is 0. The lowest BCUT2D eigenvalue weighted by Crippen LogP contribution is -2.25. The largest absolute Gasteiger partial charge is 0.354 e. The molecule has 0 aliphatic carbocycles. The van der Waals surface area contributed by atoms with Crippen LogP contribution in [0.25, 0.3) is 0 Å². The molecule has 1 heterocycles. The van der Waals surface area contributed by atoms with Gasteiger partial charge in [-0.15, -0.1) is 0 Å². The lowest BCUT2D eigenvalue weighted by molar-refractivity contribution is 0.0952. The van der Waals surface area contributed by atoms with Crippen LogP contribution in [-0.2, 0) is 6.42 Å². The van der Waals surface area contributed by atoms with Crippen molar-refractivity contribution in [3.8, 4) is 0 Å². The molecule has 3 rings (SSSR count). The predicted octanol–water partition coefficient (Wildman–Crippen LogP) is 4.00. The molecule has 0 bridgehead atoms. The zero-order chi connectivity index (χ0) is 19.1. The van der Waals surface area contributed by atoms with Crippen LogP contribution in [0, 0.1) is 0 Å². The van der Waals surface area contributed by atoms with Crippen molar-refractivity contribution < 1.29 is 9.59 Å². The molecule has 0 aliphatic heterocycles. The maximum absolute atomic E-state index is 12.3. The molecule has 2 N–H and O–H groups in total. The van der Waals surface area contributed by atoms with Gasteiger partial charge in [0.2, 0.25) is 0 Å². The molecule has 0 unspecified atom stereocenters. The molecule has 0 spiro atoms. The van der Waals surface area contributed by atoms with Crippen LogP contribution in [-0.4, -0.2) is 23.2 Å². The average Bonchev–Trinajstić information content (AvgIpc) is 2.69. The summed E-state index contributed by atoms with van der Waals surface area (Å²) < 4.78 is 0. The number of pyridine rings is 1. The minimum atomic E-state index is -0.158. The normalized spacial score (nSPS) is 10.3. The Bertz CT molecular complexity index is 922. The number of Topliss-reactive ketones (excluding diaryl/α,β-unsaturated/α-hetero) is 1. The van der Waals surface area contributed by atoms with Gasteiger partial charge in [0.1, 0.15) is 0 Å². The minimum absolute atomic E-state index is 0.0254. The third-order valence-electron chi connectivity index (χ3n) is 4.12. The molecule has 2 aromatic carbocycles. The van der Waals surface area contributed by atoms with E-state index in [4.69, 9.17) is 0 Å². The van der Waals surface area contributed by atoms with E-state index >= 15 is 0 Å². The van der Waals surface area contributed by atoms with E-state index in [9.17, 15) is 9.59 Å². The highest BCUT2D eigenvalue weighted by Gasteiger charge is 2.07. The van der Waals surface area contributed by atoms with Crippen LogP contribution in [0.15, 0.2) is 73.1 Å². The van der Waals surface area contributed by atoms with Crippen molar-refractivity contribution in [2.24, 2.45) is 0 Å². The average molecular weight is 359 g/mol. The number of aromatic nitrogens is 1. The van der Waals surface area contributed by atoms with Crippen LogP contribution < -0.4 is 10.6 Å². The summed E-state index contributed by atoms with van der Waals surface area (Å²) in [5.74, 6) is -0.133. The van der Waals surface area contributed by atoms with Crippen molar-refractivity contribution in [3.05, 3.63) is 89.7 Å². The summed E-state index contributed by atoms with van der Waals surface area (Å²) in [5, 5.41) is 6.11. The van der Waals surface area contributed by atoms with Crippen LogP contribution in [0.2, 0.25) is 0 Å². The fourth-order valence-corrected chi connectivity index (χ4v) is 2.65. The number of amides is 1. The number of hydrogen-bond donors (Lipinski definition) is 2. The number of nitrogens with one attached hydrogen (secondary N) is 2. The second-order valence-electron chi connectivity index (χ2n) is 6.21. The predicted molar refractivity (Wildman–Crippen MR) is 106 cm³/mol. The Morgan fingerprint density at radius 1 is 0.889 bits per heavy atom. The fourth-order valence-electron chi connectivity index (χ4n) is 2.65. The topological polar surface area (TPSA) is 71.1 Å². The monoisotopic (exact) mass is 359 g/mol. The molecule has 0 aliphatic rings. The Kier molecular flexibility index (Phi) is 5.94. The molecular formula is C22H21N3O2. The molecular weight excluding hydrogens is 338 g/mol. The summed E-state index contributed by atoms with van der Waals surface area (Å²) in [6.45, 7) is 2.10. The highest BCUT2D eigenvalue weighted by Crippen LogP contribution is 2.17. The van der Waals surface area contributed by atoms with E-state index in [2.05, 4.69) is 15.6 Å². The number of rotatable bonds is 7. The molecule has 5 heteroatoms. The highest BCUT2D eigenvalue weighted by atomic mass is 16.1. The molecule has 1 aromatic heterocycles. The number of anilines is 2. The van der Waals surface area contributed by atoms with Gasteiger partial charge in [0, 0.05) is 24.0 Å². The summed E-state index contributed by atoms with van der Waals surface area (Å²) >= 11 is 0. The first-order chi connectivity index (χ1) is 13.1. The van der Waals surface area contributed by atoms with E-state index in [0.29, 0.717) is 23.4 Å². The second kappa shape index (κ2) is 8.76. The first kappa shape index (κ1) is 18.3. The Morgan fingerprint density at radius 3 is 2.33 bits per heavy atom. The number of carbonyl (C=O) groups excluding carboxylic acids is 2. The van der Waals surface area contributed by atoms with Crippen LogP contribution in [0.5, 0.6) is 0 Å². The molecule has 1 amide bonds. The number of nitrogens with zero attached hydrogens (tertiary/aromatic N) is 1. The van der Waals surface area contributed by atoms with E-state index < -0.39 is 0 Å². The van der Waals surface area contributed by atoms with Crippen LogP contribution in [0.3, 0.4) is 0 Å². The zero-order valence-corrected chi connectivity index (χ0v) is 15.1. The number of carbonyl (C=O) groups is 2. The zero-order valence-electron chi connectivity index (χ0n) is 15.1. The minimum Gasteiger partial charge on any atom is -0.354 e. The molecule has 0 saturated carbocycles. The number of benzene rings is 2. The van der Waals surface area contributed by atoms with E-state index in [1.54, 1.807) is 30.6 Å². The standard InChI is InChI=1S/C22H21N3O2/c1-16(26)18-7-9-20(10-8-18)25-21-13-19(14-23-15-21)22(27)24-12-11-17-5-3-2-4-6-17/h2-10,13-15,25H,11-12H2,1H3,(H,24,27). The SMILES string of the molecule is CC(=O)c1ccc(Nc2cncc(C(=O)NCCc3ccccc3)c2)cc1. The molecule has 0 radical (unpaired) electrons. The first-order valence-electron chi connectivity index (χ1n) is 8.77. The molecule has 27 heavy (non-hydrogen) atoms. The van der Waals surface area contributed by atoms with E-state index in [-0.39, 0.29) is 11.7 Å². The maximum atomic E-state index is 12.3. The van der Waals surface area contributed by atoms with Gasteiger partial charge in [0.15, 0.2) is 5.78 Å². The summed E-state index contributed by atoms with van der Waals surface area (Å²) in [6.07, 6.45) is 3.97. The summed E-state index contributed by atoms with van der Waals surface area (Å²) in [6, 6.07) is 18.9. The lowest BCUT2D eigenvalue weighted by atomic mass is 10.1. The van der Waals surface area contributed by atoms with Crippen LogP contribution >= 0.6 is 0 Å². The number of hydrogen-bond acceptors (Lipinski definition) is 4. The van der Waals surface area contributed by atoms with E-state index in [1.165, 1.54) is 12.5 Å². The molecule has 0 fully saturated rings. The van der Waals surface area contributed by atoms with Gasteiger partial charge >= 0.3 is 0 Å². The maximum Gasteiger partial charge on any atom is 0.252 e. The second-order valence-corrected chi connectivity index (χ2v) is 6.21. The Hall–Kier alpha value is -3.47. The van der Waals surface area contributed by atoms with Crippen molar-refractivity contribution in [1.82, 2.24) is 10.3 Å². The molecule has 0 saturated heterocycles. The van der Waals surface area contributed by atoms with Gasteiger partial charge < -0.3 is 10.6 Å². The first-order valence-corrected chi connectivity index (χ1v) is 8.77. The van der Waals surface area contributed by atoms with Crippen molar-refractivity contribution in [3.63, 3.8) is 0 Å². The summed E-state index contributed by atoms with van der Waals surface area (Å²) in [4.78, 5) is 27.8. The van der Waals surface area contributed by atoms with Gasteiger partial charge in [-0.1, -0.05) is 30.3 Å². The third kappa shape index (κ3) is 5.25. The van der Waals surface area contributed by atoms with Gasteiger partial charge in [0.05, 0.1) is 17.4 Å². The van der Waals surface area contributed by atoms with Gasteiger partial charge in [-0.3, -0.25) is 14.6 Å². The molecule has 0 atom stereocenters. The van der Waals surface area contributed by atoms with Crippen molar-refractivity contribution in [1.29, 1.82) is 0 Å². The molecule has 136 valence electrons. The molecule has 5 nitrogen and oxygen atoms in total. The highest BCUT2D eigenvalue weighted by molar-refractivity contribution is 5.95. The Morgan fingerprint density at radius 2 is 1.63 bits per heavy atom. The van der Waals surface area contributed by atoms with Gasteiger partial charge in [-0.05, 0) is 49.2 Å². The van der Waals surface area contributed by atoms with Crippen LogP contribution in [0.4, 0.5) is 11.4 Å². The molecule has 3 aromatic rings. The van der Waals surface area contributed by atoms with Crippen molar-refractivity contribution >= 4 is 23.1 Å². The third-order valence-corrected chi connectivity index (χ3v) is 4.12. The van der Waals surface area contributed by atoms with E-state index in [0.717, 1.165) is 12.1 Å². The van der Waals surface area contributed by atoms with Gasteiger partial charge in [-0.2, -0.15) is 0 Å². The van der Waals surface area contributed by atoms with Crippen molar-refractivity contribution in [2.75, 3.05) is 11.9 Å². The fraction of sp³-hybridized carbons (Fsp3) is 0.136. The van der Waals surface area contributed by atoms with Crippen LogP contribution in [0.1, 0.15) is 33.2 Å².